The molecule has 0 aromatic carbocycles. The molecule has 0 saturated heterocycles. The van der Waals surface area contributed by atoms with E-state index in [0.29, 0.717) is 6.54 Å². The van der Waals surface area contributed by atoms with Gasteiger partial charge in [-0.2, -0.15) is 0 Å². The topological polar surface area (TPSA) is 34.9 Å². The maximum Gasteiger partial charge on any atom is 0.250 e. The first-order valence-corrected chi connectivity index (χ1v) is 5.68. The van der Waals surface area contributed by atoms with Gasteiger partial charge < -0.3 is 4.57 Å². The molecule has 5 heteroatoms. The van der Waals surface area contributed by atoms with Crippen LogP contribution in [-0.4, -0.2) is 9.55 Å². The van der Waals surface area contributed by atoms with Crippen molar-refractivity contribution in [3.8, 4) is 0 Å². The molecule has 0 fully saturated rings. The Labute approximate surface area is 93.2 Å². The zero-order valence-electron chi connectivity index (χ0n) is 7.18. The molecule has 0 unspecified atom stereocenters. The van der Waals surface area contributed by atoms with Crippen molar-refractivity contribution in [1.29, 1.82) is 0 Å². The summed E-state index contributed by atoms with van der Waals surface area (Å²) in [5.74, 6) is 0. The summed E-state index contributed by atoms with van der Waals surface area (Å²) in [7, 11) is 0. The van der Waals surface area contributed by atoms with Crippen LogP contribution in [-0.2, 0) is 6.54 Å². The third-order valence-corrected chi connectivity index (χ3v) is 3.17. The minimum atomic E-state index is -0.00313. The van der Waals surface area contributed by atoms with Gasteiger partial charge in [0.25, 0.3) is 5.56 Å². The normalized spacial score (nSPS) is 10.4. The molecule has 2 heterocycles. The summed E-state index contributed by atoms with van der Waals surface area (Å²) in [6, 6.07) is 5.11. The Morgan fingerprint density at radius 3 is 3.00 bits per heavy atom. The second kappa shape index (κ2) is 4.06. The summed E-state index contributed by atoms with van der Waals surface area (Å²) < 4.78 is 2.47. The highest BCUT2D eigenvalue weighted by Crippen LogP contribution is 2.16. The van der Waals surface area contributed by atoms with E-state index in [1.54, 1.807) is 22.9 Å². The maximum atomic E-state index is 11.4. The Kier molecular flexibility index (Phi) is 2.79. The summed E-state index contributed by atoms with van der Waals surface area (Å²) in [5.41, 5.74) is 0.895. The summed E-state index contributed by atoms with van der Waals surface area (Å²) in [4.78, 5) is 15.6. The smallest absolute Gasteiger partial charge is 0.250 e. The predicted octanol–water partition coefficient (Wildman–Crippen LogP) is 2.12. The zero-order chi connectivity index (χ0) is 9.97. The van der Waals surface area contributed by atoms with Gasteiger partial charge in [0.15, 0.2) is 3.92 Å². The SMILES string of the molecule is O=c1ccccn1Cc1csc(Br)n1. The van der Waals surface area contributed by atoms with Crippen molar-refractivity contribution in [3.63, 3.8) is 0 Å². The highest BCUT2D eigenvalue weighted by molar-refractivity contribution is 9.11. The van der Waals surface area contributed by atoms with E-state index in [1.807, 2.05) is 11.4 Å². The van der Waals surface area contributed by atoms with Crippen LogP contribution >= 0.6 is 27.3 Å². The van der Waals surface area contributed by atoms with Gasteiger partial charge in [0.1, 0.15) is 0 Å². The number of halogens is 1. The van der Waals surface area contributed by atoms with Gasteiger partial charge in [-0.25, -0.2) is 4.98 Å². The molecule has 3 nitrogen and oxygen atoms in total. The third-order valence-electron chi connectivity index (χ3n) is 1.76. The molecule has 0 aliphatic rings. The first-order chi connectivity index (χ1) is 6.75. The van der Waals surface area contributed by atoms with E-state index in [2.05, 4.69) is 20.9 Å². The molecule has 0 atom stereocenters. The minimum absolute atomic E-state index is 0.00313. The molecule has 0 aliphatic carbocycles. The lowest BCUT2D eigenvalue weighted by Gasteiger charge is -2.00. The van der Waals surface area contributed by atoms with Crippen LogP contribution < -0.4 is 5.56 Å². The van der Waals surface area contributed by atoms with Crippen LogP contribution in [0.3, 0.4) is 0 Å². The van der Waals surface area contributed by atoms with E-state index in [4.69, 9.17) is 0 Å². The molecule has 0 N–H and O–H groups in total. The van der Waals surface area contributed by atoms with Crippen LogP contribution in [0.25, 0.3) is 0 Å². The second-order valence-corrected chi connectivity index (χ2v) is 4.89. The Hall–Kier alpha value is -0.940. The molecule has 0 saturated carbocycles. The van der Waals surface area contributed by atoms with E-state index in [-0.39, 0.29) is 5.56 Å². The van der Waals surface area contributed by atoms with Crippen LogP contribution in [0.1, 0.15) is 5.69 Å². The lowest BCUT2D eigenvalue weighted by molar-refractivity contribution is 0.743. The van der Waals surface area contributed by atoms with Gasteiger partial charge >= 0.3 is 0 Å². The fourth-order valence-electron chi connectivity index (χ4n) is 1.12. The van der Waals surface area contributed by atoms with Crippen LogP contribution in [0, 0.1) is 0 Å². The summed E-state index contributed by atoms with van der Waals surface area (Å²) in [6.45, 7) is 0.530. The first-order valence-electron chi connectivity index (χ1n) is 4.01. The highest BCUT2D eigenvalue weighted by Gasteiger charge is 2.00. The second-order valence-electron chi connectivity index (χ2n) is 2.76. The molecule has 0 aliphatic heterocycles. The zero-order valence-corrected chi connectivity index (χ0v) is 9.59. The summed E-state index contributed by atoms with van der Waals surface area (Å²) in [5, 5.41) is 1.93. The van der Waals surface area contributed by atoms with Gasteiger partial charge in [-0.05, 0) is 22.0 Å². The molecule has 2 aromatic rings. The summed E-state index contributed by atoms with van der Waals surface area (Å²) >= 11 is 4.80. The van der Waals surface area contributed by atoms with Gasteiger partial charge in [0.05, 0.1) is 12.2 Å². The van der Waals surface area contributed by atoms with E-state index in [0.717, 1.165) is 9.61 Å². The van der Waals surface area contributed by atoms with Gasteiger partial charge in [-0.1, -0.05) is 6.07 Å². The van der Waals surface area contributed by atoms with E-state index in [9.17, 15) is 4.79 Å². The lowest BCUT2D eigenvalue weighted by atomic mass is 10.4. The Morgan fingerprint density at radius 2 is 2.36 bits per heavy atom. The van der Waals surface area contributed by atoms with E-state index in [1.165, 1.54) is 11.3 Å². The molecule has 2 aromatic heterocycles. The molecule has 72 valence electrons. The van der Waals surface area contributed by atoms with Crippen molar-refractivity contribution in [2.45, 2.75) is 6.54 Å². The van der Waals surface area contributed by atoms with E-state index >= 15 is 0 Å². The molecule has 14 heavy (non-hydrogen) atoms. The maximum absolute atomic E-state index is 11.4. The largest absolute Gasteiger partial charge is 0.310 e. The lowest BCUT2D eigenvalue weighted by Crippen LogP contribution is -2.18. The quantitative estimate of drug-likeness (QED) is 0.838. The number of hydrogen-bond donors (Lipinski definition) is 0. The third kappa shape index (κ3) is 2.10. The molecular formula is C9H7BrN2OS. The number of nitrogens with zero attached hydrogens (tertiary/aromatic N) is 2. The average Bonchev–Trinajstić information content (AvgIpc) is 2.56. The monoisotopic (exact) mass is 270 g/mol. The van der Waals surface area contributed by atoms with Crippen LogP contribution in [0.5, 0.6) is 0 Å². The molecule has 0 spiro atoms. The number of pyridine rings is 1. The Balaban J connectivity index is 2.27. The fraction of sp³-hybridized carbons (Fsp3) is 0.111. The van der Waals surface area contributed by atoms with Crippen LogP contribution in [0.2, 0.25) is 0 Å². The van der Waals surface area contributed by atoms with Crippen molar-refractivity contribution in [1.82, 2.24) is 9.55 Å². The van der Waals surface area contributed by atoms with Crippen molar-refractivity contribution in [2.75, 3.05) is 0 Å². The minimum Gasteiger partial charge on any atom is -0.310 e. The molecule has 2 rings (SSSR count). The van der Waals surface area contributed by atoms with Crippen molar-refractivity contribution in [3.05, 3.63) is 49.7 Å². The van der Waals surface area contributed by atoms with Gasteiger partial charge in [0, 0.05) is 17.6 Å². The van der Waals surface area contributed by atoms with Gasteiger partial charge in [-0.3, -0.25) is 4.79 Å². The molecule has 0 amide bonds. The number of rotatable bonds is 2. The number of hydrogen-bond acceptors (Lipinski definition) is 3. The molecular weight excluding hydrogens is 264 g/mol. The molecule has 0 radical (unpaired) electrons. The number of aromatic nitrogens is 2. The Bertz CT molecular complexity index is 491. The highest BCUT2D eigenvalue weighted by atomic mass is 79.9. The van der Waals surface area contributed by atoms with Crippen molar-refractivity contribution in [2.24, 2.45) is 0 Å². The summed E-state index contributed by atoms with van der Waals surface area (Å²) in [6.07, 6.45) is 1.76. The van der Waals surface area contributed by atoms with Crippen LogP contribution in [0.4, 0.5) is 0 Å². The first kappa shape index (κ1) is 9.61. The number of thiazole rings is 1. The van der Waals surface area contributed by atoms with E-state index < -0.39 is 0 Å². The Morgan fingerprint density at radius 1 is 1.50 bits per heavy atom. The van der Waals surface area contributed by atoms with Crippen LogP contribution in [0.15, 0.2) is 38.5 Å². The standard InChI is InChI=1S/C9H7BrN2OS/c10-9-11-7(6-14-9)5-12-4-2-1-3-8(12)13/h1-4,6H,5H2. The fourth-order valence-corrected chi connectivity index (χ4v) is 2.16. The van der Waals surface area contributed by atoms with Crippen molar-refractivity contribution < 1.29 is 0 Å². The van der Waals surface area contributed by atoms with Gasteiger partial charge in [0.2, 0.25) is 0 Å². The molecule has 0 bridgehead atoms. The predicted molar refractivity (Wildman–Crippen MR) is 59.6 cm³/mol. The van der Waals surface area contributed by atoms with Crippen molar-refractivity contribution >= 4 is 27.3 Å². The van der Waals surface area contributed by atoms with Gasteiger partial charge in [-0.15, -0.1) is 11.3 Å². The average molecular weight is 271 g/mol.